The SMILES string of the molecule is Cc1ccc(CNCc2ccc(C(C)C(=O)O)cc2)cn1. The molecule has 4 heteroatoms. The molecule has 0 saturated heterocycles. The first-order chi connectivity index (χ1) is 10.1. The van der Waals surface area contributed by atoms with Crippen LogP contribution >= 0.6 is 0 Å². The third kappa shape index (κ3) is 4.39. The third-order valence-corrected chi connectivity index (χ3v) is 3.48. The summed E-state index contributed by atoms with van der Waals surface area (Å²) in [6.07, 6.45) is 1.87. The van der Waals surface area contributed by atoms with Gasteiger partial charge in [-0.2, -0.15) is 0 Å². The monoisotopic (exact) mass is 284 g/mol. The highest BCUT2D eigenvalue weighted by Crippen LogP contribution is 2.16. The molecule has 0 saturated carbocycles. The average Bonchev–Trinajstić information content (AvgIpc) is 2.49. The van der Waals surface area contributed by atoms with Gasteiger partial charge in [0.25, 0.3) is 0 Å². The summed E-state index contributed by atoms with van der Waals surface area (Å²) in [5.41, 5.74) is 4.13. The molecule has 0 aliphatic heterocycles. The van der Waals surface area contributed by atoms with Gasteiger partial charge in [0.15, 0.2) is 0 Å². The highest BCUT2D eigenvalue weighted by molar-refractivity contribution is 5.75. The quantitative estimate of drug-likeness (QED) is 0.856. The van der Waals surface area contributed by atoms with Gasteiger partial charge in [0.05, 0.1) is 5.92 Å². The van der Waals surface area contributed by atoms with Gasteiger partial charge in [0.2, 0.25) is 0 Å². The Labute approximate surface area is 124 Å². The van der Waals surface area contributed by atoms with Crippen LogP contribution in [0, 0.1) is 6.92 Å². The Morgan fingerprint density at radius 2 is 1.76 bits per heavy atom. The van der Waals surface area contributed by atoms with E-state index in [9.17, 15) is 4.79 Å². The Kier molecular flexibility index (Phi) is 5.06. The number of aliphatic carboxylic acids is 1. The minimum Gasteiger partial charge on any atom is -0.481 e. The maximum absolute atomic E-state index is 10.9. The van der Waals surface area contributed by atoms with Crippen molar-refractivity contribution in [3.8, 4) is 0 Å². The maximum Gasteiger partial charge on any atom is 0.310 e. The number of carboxylic acids is 1. The first-order valence-corrected chi connectivity index (χ1v) is 7.00. The zero-order valence-corrected chi connectivity index (χ0v) is 12.3. The lowest BCUT2D eigenvalue weighted by molar-refractivity contribution is -0.138. The molecule has 21 heavy (non-hydrogen) atoms. The number of carbonyl (C=O) groups is 1. The summed E-state index contributed by atoms with van der Waals surface area (Å²) >= 11 is 0. The fraction of sp³-hybridized carbons (Fsp3) is 0.294. The van der Waals surface area contributed by atoms with Gasteiger partial charge in [-0.15, -0.1) is 0 Å². The molecule has 2 rings (SSSR count). The minimum atomic E-state index is -0.798. The summed E-state index contributed by atoms with van der Waals surface area (Å²) in [6, 6.07) is 11.8. The normalized spacial score (nSPS) is 12.1. The van der Waals surface area contributed by atoms with Crippen LogP contribution in [-0.4, -0.2) is 16.1 Å². The summed E-state index contributed by atoms with van der Waals surface area (Å²) in [5, 5.41) is 12.3. The number of nitrogens with one attached hydrogen (secondary N) is 1. The number of aryl methyl sites for hydroxylation is 1. The van der Waals surface area contributed by atoms with Crippen LogP contribution in [0.1, 0.15) is 35.2 Å². The van der Waals surface area contributed by atoms with E-state index in [4.69, 9.17) is 5.11 Å². The van der Waals surface area contributed by atoms with E-state index < -0.39 is 11.9 Å². The molecule has 0 spiro atoms. The van der Waals surface area contributed by atoms with Crippen LogP contribution < -0.4 is 5.32 Å². The second-order valence-electron chi connectivity index (χ2n) is 5.21. The van der Waals surface area contributed by atoms with Gasteiger partial charge in [0, 0.05) is 25.0 Å². The molecule has 0 aliphatic rings. The number of rotatable bonds is 6. The first-order valence-electron chi connectivity index (χ1n) is 7.00. The van der Waals surface area contributed by atoms with Gasteiger partial charge in [-0.1, -0.05) is 30.3 Å². The summed E-state index contributed by atoms with van der Waals surface area (Å²) in [7, 11) is 0. The third-order valence-electron chi connectivity index (χ3n) is 3.48. The van der Waals surface area contributed by atoms with E-state index >= 15 is 0 Å². The molecule has 0 aliphatic carbocycles. The highest BCUT2D eigenvalue weighted by atomic mass is 16.4. The molecule has 0 amide bonds. The molecule has 1 aromatic heterocycles. The van der Waals surface area contributed by atoms with Crippen LogP contribution in [0.25, 0.3) is 0 Å². The molecular formula is C17H20N2O2. The van der Waals surface area contributed by atoms with Crippen molar-refractivity contribution in [3.63, 3.8) is 0 Å². The van der Waals surface area contributed by atoms with Gasteiger partial charge in [-0.3, -0.25) is 9.78 Å². The Balaban J connectivity index is 1.86. The number of carboxylic acid groups (broad SMARTS) is 1. The minimum absolute atomic E-state index is 0.467. The Hall–Kier alpha value is -2.20. The molecule has 1 unspecified atom stereocenters. The number of hydrogen-bond donors (Lipinski definition) is 2. The van der Waals surface area contributed by atoms with E-state index in [0.717, 1.165) is 35.5 Å². The number of hydrogen-bond acceptors (Lipinski definition) is 3. The number of aromatic nitrogens is 1. The van der Waals surface area contributed by atoms with Gasteiger partial charge < -0.3 is 10.4 Å². The fourth-order valence-electron chi connectivity index (χ4n) is 2.02. The Bertz CT molecular complexity index is 591. The smallest absolute Gasteiger partial charge is 0.310 e. The largest absolute Gasteiger partial charge is 0.481 e. The molecule has 0 radical (unpaired) electrons. The number of benzene rings is 1. The molecule has 0 bridgehead atoms. The van der Waals surface area contributed by atoms with Crippen LogP contribution in [0.15, 0.2) is 42.6 Å². The van der Waals surface area contributed by atoms with Crippen LogP contribution in [0.3, 0.4) is 0 Å². The molecule has 2 N–H and O–H groups in total. The lowest BCUT2D eigenvalue weighted by atomic mass is 10.00. The molecule has 4 nitrogen and oxygen atoms in total. The predicted octanol–water partition coefficient (Wildman–Crippen LogP) is 2.87. The molecule has 1 atom stereocenters. The summed E-state index contributed by atoms with van der Waals surface area (Å²) in [5.74, 6) is -1.27. The van der Waals surface area contributed by atoms with Crippen molar-refractivity contribution in [2.75, 3.05) is 0 Å². The van der Waals surface area contributed by atoms with Crippen molar-refractivity contribution in [1.82, 2.24) is 10.3 Å². The molecule has 1 aromatic carbocycles. The van der Waals surface area contributed by atoms with Gasteiger partial charge in [-0.05, 0) is 36.6 Å². The van der Waals surface area contributed by atoms with Crippen molar-refractivity contribution < 1.29 is 9.90 Å². The molecule has 110 valence electrons. The average molecular weight is 284 g/mol. The molecular weight excluding hydrogens is 264 g/mol. The molecule has 0 fully saturated rings. The van der Waals surface area contributed by atoms with Crippen LogP contribution in [-0.2, 0) is 17.9 Å². The first kappa shape index (κ1) is 15.2. The van der Waals surface area contributed by atoms with Crippen LogP contribution in [0.2, 0.25) is 0 Å². The maximum atomic E-state index is 10.9. The second-order valence-corrected chi connectivity index (χ2v) is 5.21. The number of nitrogens with zero attached hydrogens (tertiary/aromatic N) is 1. The van der Waals surface area contributed by atoms with Crippen molar-refractivity contribution >= 4 is 5.97 Å². The van der Waals surface area contributed by atoms with Crippen molar-refractivity contribution in [2.45, 2.75) is 32.9 Å². The van der Waals surface area contributed by atoms with Gasteiger partial charge >= 0.3 is 5.97 Å². The standard InChI is InChI=1S/C17H20N2O2/c1-12-3-4-15(11-19-12)10-18-9-14-5-7-16(8-6-14)13(2)17(20)21/h3-8,11,13,18H,9-10H2,1-2H3,(H,20,21). The Morgan fingerprint density at radius 3 is 2.33 bits per heavy atom. The summed E-state index contributed by atoms with van der Waals surface area (Å²) in [6.45, 7) is 5.17. The lowest BCUT2D eigenvalue weighted by Gasteiger charge is -2.09. The van der Waals surface area contributed by atoms with Crippen molar-refractivity contribution in [1.29, 1.82) is 0 Å². The van der Waals surface area contributed by atoms with E-state index in [2.05, 4.69) is 16.4 Å². The second kappa shape index (κ2) is 6.99. The summed E-state index contributed by atoms with van der Waals surface area (Å²) < 4.78 is 0. The predicted molar refractivity (Wildman–Crippen MR) is 82.0 cm³/mol. The van der Waals surface area contributed by atoms with Crippen molar-refractivity contribution in [3.05, 3.63) is 65.0 Å². The van der Waals surface area contributed by atoms with Gasteiger partial charge in [-0.25, -0.2) is 0 Å². The fourth-order valence-corrected chi connectivity index (χ4v) is 2.02. The topological polar surface area (TPSA) is 62.2 Å². The van der Waals surface area contributed by atoms with E-state index in [0.29, 0.717) is 0 Å². The van der Waals surface area contributed by atoms with E-state index in [1.54, 1.807) is 6.92 Å². The zero-order valence-electron chi connectivity index (χ0n) is 12.3. The van der Waals surface area contributed by atoms with Crippen molar-refractivity contribution in [2.24, 2.45) is 0 Å². The number of pyridine rings is 1. The molecule has 1 heterocycles. The van der Waals surface area contributed by atoms with E-state index in [1.165, 1.54) is 0 Å². The van der Waals surface area contributed by atoms with Gasteiger partial charge in [0.1, 0.15) is 0 Å². The zero-order chi connectivity index (χ0) is 15.2. The van der Waals surface area contributed by atoms with Crippen LogP contribution in [0.4, 0.5) is 0 Å². The van der Waals surface area contributed by atoms with E-state index in [-0.39, 0.29) is 0 Å². The van der Waals surface area contributed by atoms with E-state index in [1.807, 2.05) is 43.5 Å². The summed E-state index contributed by atoms with van der Waals surface area (Å²) in [4.78, 5) is 15.2. The molecule has 2 aromatic rings. The highest BCUT2D eigenvalue weighted by Gasteiger charge is 2.12. The van der Waals surface area contributed by atoms with Crippen LogP contribution in [0.5, 0.6) is 0 Å². The Morgan fingerprint density at radius 1 is 1.14 bits per heavy atom. The lowest BCUT2D eigenvalue weighted by Crippen LogP contribution is -2.13.